The molecule has 23 heavy (non-hydrogen) atoms. The van der Waals surface area contributed by atoms with Crippen molar-refractivity contribution in [3.8, 4) is 11.5 Å². The van der Waals surface area contributed by atoms with Crippen molar-refractivity contribution in [1.82, 2.24) is 10.9 Å². The van der Waals surface area contributed by atoms with E-state index in [9.17, 15) is 14.7 Å². The quantitative estimate of drug-likeness (QED) is 0.748. The van der Waals surface area contributed by atoms with Crippen molar-refractivity contribution in [3.63, 3.8) is 0 Å². The lowest BCUT2D eigenvalue weighted by molar-refractivity contribution is -0.123. The highest BCUT2D eigenvalue weighted by Gasteiger charge is 2.12. The van der Waals surface area contributed by atoms with Crippen LogP contribution in [0.2, 0.25) is 5.02 Å². The van der Waals surface area contributed by atoms with E-state index in [1.165, 1.54) is 18.2 Å². The van der Waals surface area contributed by atoms with Crippen LogP contribution in [0.15, 0.2) is 42.5 Å². The molecule has 0 atom stereocenters. The average Bonchev–Trinajstić information content (AvgIpc) is 2.53. The molecular weight excluding hydrogens is 320 g/mol. The number of phenols is 1. The molecule has 7 heteroatoms. The van der Waals surface area contributed by atoms with E-state index in [1.54, 1.807) is 12.1 Å². The Bertz CT molecular complexity index is 734. The van der Waals surface area contributed by atoms with Crippen molar-refractivity contribution in [2.45, 2.75) is 6.92 Å². The number of hydrogen-bond acceptors (Lipinski definition) is 4. The fraction of sp³-hybridized carbons (Fsp3) is 0.125. The van der Waals surface area contributed by atoms with Gasteiger partial charge in [-0.3, -0.25) is 20.4 Å². The van der Waals surface area contributed by atoms with Gasteiger partial charge in [-0.1, -0.05) is 23.7 Å². The molecule has 2 aromatic carbocycles. The van der Waals surface area contributed by atoms with Crippen molar-refractivity contribution in [3.05, 3.63) is 58.6 Å². The molecule has 3 N–H and O–H groups in total. The Labute approximate surface area is 138 Å². The lowest BCUT2D eigenvalue weighted by Crippen LogP contribution is -2.43. The molecule has 2 aromatic rings. The van der Waals surface area contributed by atoms with Gasteiger partial charge in [0.05, 0.1) is 5.56 Å². The highest BCUT2D eigenvalue weighted by Crippen LogP contribution is 2.20. The molecule has 0 saturated carbocycles. The molecule has 0 aromatic heterocycles. The maximum Gasteiger partial charge on any atom is 0.276 e. The summed E-state index contributed by atoms with van der Waals surface area (Å²) >= 11 is 5.76. The fourth-order valence-corrected chi connectivity index (χ4v) is 1.95. The van der Waals surface area contributed by atoms with Crippen LogP contribution < -0.4 is 15.6 Å². The van der Waals surface area contributed by atoms with Crippen molar-refractivity contribution in [2.24, 2.45) is 0 Å². The molecule has 6 nitrogen and oxygen atoms in total. The first-order chi connectivity index (χ1) is 11.0. The molecule has 0 heterocycles. The van der Waals surface area contributed by atoms with Gasteiger partial charge in [-0.25, -0.2) is 0 Å². The van der Waals surface area contributed by atoms with Gasteiger partial charge in [0.1, 0.15) is 11.5 Å². The summed E-state index contributed by atoms with van der Waals surface area (Å²) in [5, 5.41) is 9.89. The molecule has 0 aliphatic carbocycles. The number of benzene rings is 2. The second kappa shape index (κ2) is 7.51. The Balaban J connectivity index is 1.84. The van der Waals surface area contributed by atoms with E-state index in [0.717, 1.165) is 5.56 Å². The summed E-state index contributed by atoms with van der Waals surface area (Å²) in [5.41, 5.74) is 5.34. The number of aromatic hydroxyl groups is 1. The topological polar surface area (TPSA) is 87.7 Å². The SMILES string of the molecule is Cc1cccc(OCC(=O)NNC(=O)c2cc(Cl)ccc2O)c1. The van der Waals surface area contributed by atoms with E-state index >= 15 is 0 Å². The molecule has 0 bridgehead atoms. The minimum atomic E-state index is -0.686. The van der Waals surface area contributed by atoms with Crippen molar-refractivity contribution < 1.29 is 19.4 Å². The molecule has 120 valence electrons. The Kier molecular flexibility index (Phi) is 5.43. The molecule has 0 spiro atoms. The van der Waals surface area contributed by atoms with Crippen LogP contribution in [0.3, 0.4) is 0 Å². The molecule has 0 saturated heterocycles. The lowest BCUT2D eigenvalue weighted by atomic mass is 10.2. The van der Waals surface area contributed by atoms with Crippen molar-refractivity contribution in [2.75, 3.05) is 6.61 Å². The standard InChI is InChI=1S/C16H15ClN2O4/c1-10-3-2-4-12(7-10)23-9-15(21)18-19-16(22)13-8-11(17)5-6-14(13)20/h2-8,20H,9H2,1H3,(H,18,21)(H,19,22). The number of ether oxygens (including phenoxy) is 1. The van der Waals surface area contributed by atoms with Gasteiger partial charge in [-0.2, -0.15) is 0 Å². The van der Waals surface area contributed by atoms with Gasteiger partial charge in [-0.05, 0) is 42.8 Å². The zero-order valence-electron chi connectivity index (χ0n) is 12.3. The first-order valence-corrected chi connectivity index (χ1v) is 7.10. The molecular formula is C16H15ClN2O4. The molecule has 0 aliphatic rings. The summed E-state index contributed by atoms with van der Waals surface area (Å²) < 4.78 is 5.30. The third kappa shape index (κ3) is 4.89. The molecule has 0 aliphatic heterocycles. The number of halogens is 1. The maximum absolute atomic E-state index is 11.9. The Morgan fingerprint density at radius 1 is 1.17 bits per heavy atom. The van der Waals surface area contributed by atoms with Crippen LogP contribution in [0.5, 0.6) is 11.5 Å². The minimum Gasteiger partial charge on any atom is -0.507 e. The third-order valence-electron chi connectivity index (χ3n) is 2.88. The zero-order valence-corrected chi connectivity index (χ0v) is 13.1. The maximum atomic E-state index is 11.9. The molecule has 2 amide bonds. The van der Waals surface area contributed by atoms with Crippen LogP contribution in [-0.4, -0.2) is 23.5 Å². The van der Waals surface area contributed by atoms with E-state index in [0.29, 0.717) is 10.8 Å². The van der Waals surface area contributed by atoms with E-state index in [2.05, 4.69) is 10.9 Å². The van der Waals surface area contributed by atoms with Gasteiger partial charge < -0.3 is 9.84 Å². The van der Waals surface area contributed by atoms with Crippen molar-refractivity contribution in [1.29, 1.82) is 0 Å². The van der Waals surface area contributed by atoms with Crippen LogP contribution in [0.4, 0.5) is 0 Å². The normalized spacial score (nSPS) is 10.0. The average molecular weight is 335 g/mol. The van der Waals surface area contributed by atoms with Gasteiger partial charge in [0, 0.05) is 5.02 Å². The van der Waals surface area contributed by atoms with Gasteiger partial charge >= 0.3 is 0 Å². The number of rotatable bonds is 4. The van der Waals surface area contributed by atoms with Crippen LogP contribution in [0, 0.1) is 6.92 Å². The summed E-state index contributed by atoms with van der Waals surface area (Å²) in [5.74, 6) is -0.911. The minimum absolute atomic E-state index is 0.0441. The van der Waals surface area contributed by atoms with E-state index in [-0.39, 0.29) is 17.9 Å². The largest absolute Gasteiger partial charge is 0.507 e. The Morgan fingerprint density at radius 3 is 2.70 bits per heavy atom. The fourth-order valence-electron chi connectivity index (χ4n) is 1.77. The summed E-state index contributed by atoms with van der Waals surface area (Å²) in [4.78, 5) is 23.5. The second-order valence-electron chi connectivity index (χ2n) is 4.77. The molecule has 0 radical (unpaired) electrons. The van der Waals surface area contributed by atoms with Crippen molar-refractivity contribution >= 4 is 23.4 Å². The molecule has 2 rings (SSSR count). The summed E-state index contributed by atoms with van der Waals surface area (Å²) in [7, 11) is 0. The Morgan fingerprint density at radius 2 is 1.96 bits per heavy atom. The zero-order chi connectivity index (χ0) is 16.8. The number of hydrogen-bond donors (Lipinski definition) is 3. The highest BCUT2D eigenvalue weighted by atomic mass is 35.5. The summed E-state index contributed by atoms with van der Waals surface area (Å²) in [6.07, 6.45) is 0. The number of hydrazine groups is 1. The highest BCUT2D eigenvalue weighted by molar-refractivity contribution is 6.31. The smallest absolute Gasteiger partial charge is 0.276 e. The van der Waals surface area contributed by atoms with Crippen LogP contribution in [-0.2, 0) is 4.79 Å². The van der Waals surface area contributed by atoms with Crippen LogP contribution in [0.25, 0.3) is 0 Å². The number of phenolic OH excluding ortho intramolecular Hbond substituents is 1. The molecule has 0 fully saturated rings. The van der Waals surface area contributed by atoms with E-state index in [4.69, 9.17) is 16.3 Å². The van der Waals surface area contributed by atoms with Gasteiger partial charge in [-0.15, -0.1) is 0 Å². The monoisotopic (exact) mass is 334 g/mol. The molecule has 0 unspecified atom stereocenters. The summed E-state index contributed by atoms with van der Waals surface area (Å²) in [6.45, 7) is 1.65. The second-order valence-corrected chi connectivity index (χ2v) is 5.21. The lowest BCUT2D eigenvalue weighted by Gasteiger charge is -2.10. The number of aryl methyl sites for hydroxylation is 1. The van der Waals surface area contributed by atoms with Crippen LogP contribution in [0.1, 0.15) is 15.9 Å². The van der Waals surface area contributed by atoms with Gasteiger partial charge in [0.25, 0.3) is 11.8 Å². The first-order valence-electron chi connectivity index (χ1n) is 6.73. The Hall–Kier alpha value is -2.73. The number of carbonyl (C=O) groups excluding carboxylic acids is 2. The first kappa shape index (κ1) is 16.6. The summed E-state index contributed by atoms with van der Waals surface area (Å²) in [6, 6.07) is 11.3. The van der Waals surface area contributed by atoms with E-state index in [1.807, 2.05) is 19.1 Å². The van der Waals surface area contributed by atoms with Gasteiger partial charge in [0.15, 0.2) is 6.61 Å². The number of nitrogens with one attached hydrogen (secondary N) is 2. The predicted molar refractivity (Wildman–Crippen MR) is 85.4 cm³/mol. The van der Waals surface area contributed by atoms with Crippen LogP contribution >= 0.6 is 11.6 Å². The van der Waals surface area contributed by atoms with Gasteiger partial charge in [0.2, 0.25) is 0 Å². The number of amides is 2. The number of carbonyl (C=O) groups is 2. The van der Waals surface area contributed by atoms with E-state index < -0.39 is 11.8 Å². The third-order valence-corrected chi connectivity index (χ3v) is 3.11. The predicted octanol–water partition coefficient (Wildman–Crippen LogP) is 2.19.